The van der Waals surface area contributed by atoms with Gasteiger partial charge in [0.05, 0.1) is 6.61 Å². The number of carbonyl (C=O) groups is 2. The number of nitrogens with one attached hydrogen (secondary N) is 1. The summed E-state index contributed by atoms with van der Waals surface area (Å²) in [7, 11) is 0. The summed E-state index contributed by atoms with van der Waals surface area (Å²) in [5, 5.41) is 12.0. The minimum Gasteiger partial charge on any atom is -0.480 e. The lowest BCUT2D eigenvalue weighted by Crippen LogP contribution is -2.42. The smallest absolute Gasteiger partial charge is 0.323 e. The normalized spacial score (nSPS) is 25.4. The molecule has 1 aliphatic heterocycles. The van der Waals surface area contributed by atoms with E-state index in [1.165, 1.54) is 0 Å². The predicted octanol–water partition coefficient (Wildman–Crippen LogP) is 1.22. The summed E-state index contributed by atoms with van der Waals surface area (Å²) in [4.78, 5) is 23.0. The molecule has 0 radical (unpaired) electrons. The van der Waals surface area contributed by atoms with Crippen molar-refractivity contribution in [1.82, 2.24) is 5.32 Å². The van der Waals surface area contributed by atoms with E-state index in [0.29, 0.717) is 19.4 Å². The number of ether oxygens (including phenoxy) is 1. The Bertz CT molecular complexity index is 474. The molecule has 20 heavy (non-hydrogen) atoms. The quantitative estimate of drug-likeness (QED) is 0.792. The fourth-order valence-electron chi connectivity index (χ4n) is 2.64. The zero-order valence-electron chi connectivity index (χ0n) is 11.4. The first-order valence-electron chi connectivity index (χ1n) is 6.81. The first kappa shape index (κ1) is 14.5. The number of hydrogen-bond acceptors (Lipinski definition) is 4. The molecule has 0 spiro atoms. The van der Waals surface area contributed by atoms with E-state index in [-0.39, 0.29) is 11.9 Å². The standard InChI is InChI=1S/C15H19NO4/c1-2-20-15(19)13-11(9-12(16-13)14(17)18)8-10-6-4-3-5-7-10/h3-7,11-13,16H,2,8-9H2,1H3,(H,17,18)/t11?,12-,13-/m0/s1. The fourth-order valence-corrected chi connectivity index (χ4v) is 2.64. The van der Waals surface area contributed by atoms with Gasteiger partial charge in [-0.15, -0.1) is 0 Å². The van der Waals surface area contributed by atoms with Crippen LogP contribution in [0.3, 0.4) is 0 Å². The third-order valence-corrected chi connectivity index (χ3v) is 3.57. The Kier molecular flexibility index (Phi) is 4.74. The molecule has 2 rings (SSSR count). The van der Waals surface area contributed by atoms with Crippen LogP contribution in [0.25, 0.3) is 0 Å². The van der Waals surface area contributed by atoms with Crippen LogP contribution in [0, 0.1) is 5.92 Å². The van der Waals surface area contributed by atoms with Gasteiger partial charge in [0.25, 0.3) is 0 Å². The second-order valence-electron chi connectivity index (χ2n) is 4.97. The van der Waals surface area contributed by atoms with Crippen molar-refractivity contribution in [2.24, 2.45) is 5.92 Å². The van der Waals surface area contributed by atoms with Crippen LogP contribution in [0.4, 0.5) is 0 Å². The van der Waals surface area contributed by atoms with Crippen molar-refractivity contribution in [3.05, 3.63) is 35.9 Å². The first-order valence-corrected chi connectivity index (χ1v) is 6.81. The maximum atomic E-state index is 11.9. The number of hydrogen-bond donors (Lipinski definition) is 2. The summed E-state index contributed by atoms with van der Waals surface area (Å²) in [6.07, 6.45) is 1.11. The number of carboxylic acids is 1. The largest absolute Gasteiger partial charge is 0.480 e. The summed E-state index contributed by atoms with van der Waals surface area (Å²) in [6, 6.07) is 8.54. The minimum atomic E-state index is -0.921. The number of esters is 1. The maximum absolute atomic E-state index is 11.9. The Morgan fingerprint density at radius 3 is 2.65 bits per heavy atom. The molecule has 0 amide bonds. The third kappa shape index (κ3) is 3.36. The van der Waals surface area contributed by atoms with E-state index < -0.39 is 18.1 Å². The highest BCUT2D eigenvalue weighted by atomic mass is 16.5. The fraction of sp³-hybridized carbons (Fsp3) is 0.467. The van der Waals surface area contributed by atoms with Gasteiger partial charge in [-0.05, 0) is 31.2 Å². The molecule has 0 saturated carbocycles. The number of rotatable bonds is 5. The Hall–Kier alpha value is -1.88. The van der Waals surface area contributed by atoms with Crippen molar-refractivity contribution in [2.45, 2.75) is 31.8 Å². The van der Waals surface area contributed by atoms with Gasteiger partial charge in [0, 0.05) is 0 Å². The molecule has 1 fully saturated rings. The SMILES string of the molecule is CCOC(=O)[C@H]1N[C@H](C(=O)O)CC1Cc1ccccc1. The highest BCUT2D eigenvalue weighted by Gasteiger charge is 2.41. The second kappa shape index (κ2) is 6.52. The molecule has 1 aliphatic rings. The molecule has 5 heteroatoms. The zero-order valence-corrected chi connectivity index (χ0v) is 11.4. The van der Waals surface area contributed by atoms with Gasteiger partial charge in [-0.25, -0.2) is 0 Å². The van der Waals surface area contributed by atoms with Crippen LogP contribution >= 0.6 is 0 Å². The molecule has 3 atom stereocenters. The number of carbonyl (C=O) groups excluding carboxylic acids is 1. The molecular formula is C15H19NO4. The van der Waals surface area contributed by atoms with Crippen LogP contribution in [0.5, 0.6) is 0 Å². The van der Waals surface area contributed by atoms with Gasteiger partial charge in [0.15, 0.2) is 0 Å². The van der Waals surface area contributed by atoms with Gasteiger partial charge in [-0.2, -0.15) is 0 Å². The van der Waals surface area contributed by atoms with Gasteiger partial charge in [0.1, 0.15) is 12.1 Å². The lowest BCUT2D eigenvalue weighted by molar-refractivity contribution is -0.146. The molecule has 1 heterocycles. The van der Waals surface area contributed by atoms with Crippen molar-refractivity contribution in [1.29, 1.82) is 0 Å². The highest BCUT2D eigenvalue weighted by molar-refractivity contribution is 5.80. The van der Waals surface area contributed by atoms with Crippen LogP contribution in [0.2, 0.25) is 0 Å². The molecule has 5 nitrogen and oxygen atoms in total. The molecule has 108 valence electrons. The van der Waals surface area contributed by atoms with Gasteiger partial charge >= 0.3 is 11.9 Å². The van der Waals surface area contributed by atoms with Gasteiger partial charge in [0.2, 0.25) is 0 Å². The average molecular weight is 277 g/mol. The molecule has 1 saturated heterocycles. The molecule has 1 unspecified atom stereocenters. The molecule has 2 N–H and O–H groups in total. The zero-order chi connectivity index (χ0) is 14.5. The summed E-state index contributed by atoms with van der Waals surface area (Å²) in [5.74, 6) is -1.34. The van der Waals surface area contributed by atoms with Crippen LogP contribution < -0.4 is 5.32 Å². The molecule has 0 bridgehead atoms. The summed E-state index contributed by atoms with van der Waals surface area (Å²) >= 11 is 0. The van der Waals surface area contributed by atoms with E-state index in [0.717, 1.165) is 5.56 Å². The molecule has 0 aliphatic carbocycles. The topological polar surface area (TPSA) is 75.6 Å². The van der Waals surface area contributed by atoms with Gasteiger partial charge in [-0.1, -0.05) is 30.3 Å². The highest BCUT2D eigenvalue weighted by Crippen LogP contribution is 2.25. The Labute approximate surface area is 117 Å². The number of benzene rings is 1. The van der Waals surface area contributed by atoms with Crippen LogP contribution in [0.1, 0.15) is 18.9 Å². The van der Waals surface area contributed by atoms with E-state index in [1.54, 1.807) is 6.92 Å². The molecular weight excluding hydrogens is 258 g/mol. The Morgan fingerprint density at radius 1 is 1.35 bits per heavy atom. The lowest BCUT2D eigenvalue weighted by Gasteiger charge is -2.17. The number of carboxylic acid groups (broad SMARTS) is 1. The molecule has 1 aromatic rings. The molecule has 0 aromatic heterocycles. The van der Waals surface area contributed by atoms with E-state index in [4.69, 9.17) is 9.84 Å². The van der Waals surface area contributed by atoms with Crippen LogP contribution in [0.15, 0.2) is 30.3 Å². The minimum absolute atomic E-state index is 0.0578. The van der Waals surface area contributed by atoms with Gasteiger partial charge in [-0.3, -0.25) is 14.9 Å². The summed E-state index contributed by atoms with van der Waals surface area (Å²) in [6.45, 7) is 2.04. The monoisotopic (exact) mass is 277 g/mol. The summed E-state index contributed by atoms with van der Waals surface area (Å²) in [5.41, 5.74) is 1.10. The van der Waals surface area contributed by atoms with Crippen molar-refractivity contribution in [3.8, 4) is 0 Å². The average Bonchev–Trinajstić information content (AvgIpc) is 2.84. The van der Waals surface area contributed by atoms with E-state index in [2.05, 4.69) is 5.32 Å². The second-order valence-corrected chi connectivity index (χ2v) is 4.97. The van der Waals surface area contributed by atoms with E-state index >= 15 is 0 Å². The lowest BCUT2D eigenvalue weighted by atomic mass is 9.91. The van der Waals surface area contributed by atoms with Crippen molar-refractivity contribution in [2.75, 3.05) is 6.61 Å². The van der Waals surface area contributed by atoms with Crippen molar-refractivity contribution in [3.63, 3.8) is 0 Å². The maximum Gasteiger partial charge on any atom is 0.323 e. The van der Waals surface area contributed by atoms with Crippen molar-refractivity contribution >= 4 is 11.9 Å². The van der Waals surface area contributed by atoms with E-state index in [1.807, 2.05) is 30.3 Å². The van der Waals surface area contributed by atoms with Crippen molar-refractivity contribution < 1.29 is 19.4 Å². The molecule has 1 aromatic carbocycles. The summed E-state index contributed by atoms with van der Waals surface area (Å²) < 4.78 is 5.03. The van der Waals surface area contributed by atoms with Crippen LogP contribution in [-0.4, -0.2) is 35.7 Å². The van der Waals surface area contributed by atoms with Crippen LogP contribution in [-0.2, 0) is 20.7 Å². The first-order chi connectivity index (χ1) is 9.61. The third-order valence-electron chi connectivity index (χ3n) is 3.57. The van der Waals surface area contributed by atoms with Gasteiger partial charge < -0.3 is 9.84 Å². The Morgan fingerprint density at radius 2 is 2.05 bits per heavy atom. The Balaban J connectivity index is 2.10. The number of aliphatic carboxylic acids is 1. The van der Waals surface area contributed by atoms with E-state index in [9.17, 15) is 9.59 Å². The predicted molar refractivity (Wildman–Crippen MR) is 73.2 cm³/mol.